The number of aliphatic hydroxyl groups excluding tert-OH is 1. The zero-order chi connectivity index (χ0) is 29.3. The number of halogens is 2. The van der Waals surface area contributed by atoms with E-state index in [9.17, 15) is 14.7 Å². The number of amides is 2. The van der Waals surface area contributed by atoms with Gasteiger partial charge in [0.05, 0.1) is 24.9 Å². The molecule has 0 saturated carbocycles. The lowest BCUT2D eigenvalue weighted by atomic mass is 9.81. The van der Waals surface area contributed by atoms with Crippen molar-refractivity contribution in [2.24, 2.45) is 11.7 Å². The van der Waals surface area contributed by atoms with Gasteiger partial charge in [0, 0.05) is 6.20 Å². The largest absolute Gasteiger partial charge is 0.453 e. The summed E-state index contributed by atoms with van der Waals surface area (Å²) in [6, 6.07) is 18.8. The van der Waals surface area contributed by atoms with Crippen LogP contribution in [0.4, 0.5) is 13.6 Å². The Labute approximate surface area is 233 Å². The highest BCUT2D eigenvalue weighted by Gasteiger charge is 2.52. The van der Waals surface area contributed by atoms with Crippen LogP contribution < -0.4 is 16.4 Å². The topological polar surface area (TPSA) is 127 Å². The van der Waals surface area contributed by atoms with Gasteiger partial charge < -0.3 is 26.2 Å². The Morgan fingerprint density at radius 3 is 2.00 bits per heavy atom. The number of methoxy groups -OCH3 is 1. The molecule has 3 unspecified atom stereocenters. The molecule has 0 aliphatic carbocycles. The summed E-state index contributed by atoms with van der Waals surface area (Å²) in [6.07, 6.45) is -2.14. The second kappa shape index (κ2) is 13.5. The summed E-state index contributed by atoms with van der Waals surface area (Å²) in [5.74, 6) is -5.22. The Balaban J connectivity index is 2.00. The molecule has 1 aromatic heterocycles. The average molecular weight is 555 g/mol. The SMILES string of the molecule is COC(=O)N[C@@](C(=O)NC(Cc1ccccc1)C(O)C(F)(F)C(N)Cc1ccccc1)(c1ccccn1)C(C)C. The zero-order valence-electron chi connectivity index (χ0n) is 22.8. The number of pyridine rings is 1. The summed E-state index contributed by atoms with van der Waals surface area (Å²) >= 11 is 0. The lowest BCUT2D eigenvalue weighted by Crippen LogP contribution is -2.65. The van der Waals surface area contributed by atoms with Crippen molar-refractivity contribution in [2.75, 3.05) is 7.11 Å². The van der Waals surface area contributed by atoms with E-state index in [1.165, 1.54) is 6.20 Å². The summed E-state index contributed by atoms with van der Waals surface area (Å²) in [6.45, 7) is 3.36. The number of aromatic nitrogens is 1. The van der Waals surface area contributed by atoms with Gasteiger partial charge in [-0.15, -0.1) is 0 Å². The van der Waals surface area contributed by atoms with Crippen LogP contribution in [-0.2, 0) is 27.9 Å². The van der Waals surface area contributed by atoms with Crippen molar-refractivity contribution in [1.29, 1.82) is 0 Å². The molecular weight excluding hydrogens is 518 g/mol. The van der Waals surface area contributed by atoms with E-state index < -0.39 is 47.6 Å². The molecule has 0 radical (unpaired) electrons. The van der Waals surface area contributed by atoms with Crippen LogP contribution in [0, 0.1) is 5.92 Å². The number of nitrogens with one attached hydrogen (secondary N) is 2. The van der Waals surface area contributed by atoms with Gasteiger partial charge in [-0.05, 0) is 42.0 Å². The number of aliphatic hydroxyl groups is 1. The molecule has 2 amide bonds. The number of hydrogen-bond donors (Lipinski definition) is 4. The van der Waals surface area contributed by atoms with Gasteiger partial charge in [0.25, 0.3) is 11.8 Å². The highest BCUT2D eigenvalue weighted by molar-refractivity contribution is 5.91. The Morgan fingerprint density at radius 1 is 0.950 bits per heavy atom. The van der Waals surface area contributed by atoms with Crippen LogP contribution in [0.1, 0.15) is 30.7 Å². The van der Waals surface area contributed by atoms with Crippen LogP contribution >= 0.6 is 0 Å². The Morgan fingerprint density at radius 2 is 1.50 bits per heavy atom. The predicted octanol–water partition coefficient (Wildman–Crippen LogP) is 3.58. The molecule has 2 aromatic carbocycles. The first-order chi connectivity index (χ1) is 19.0. The molecule has 1 heterocycles. The summed E-state index contributed by atoms with van der Waals surface area (Å²) in [4.78, 5) is 30.7. The molecule has 8 nitrogen and oxygen atoms in total. The van der Waals surface area contributed by atoms with E-state index in [-0.39, 0.29) is 18.5 Å². The maximum Gasteiger partial charge on any atom is 0.408 e. The predicted molar refractivity (Wildman–Crippen MR) is 147 cm³/mol. The van der Waals surface area contributed by atoms with Crippen molar-refractivity contribution in [3.63, 3.8) is 0 Å². The van der Waals surface area contributed by atoms with Gasteiger partial charge >= 0.3 is 6.09 Å². The first-order valence-corrected chi connectivity index (χ1v) is 13.0. The number of nitrogens with zero attached hydrogens (tertiary/aromatic N) is 1. The van der Waals surface area contributed by atoms with E-state index >= 15 is 8.78 Å². The maximum absolute atomic E-state index is 15.7. The number of hydrogen-bond acceptors (Lipinski definition) is 6. The van der Waals surface area contributed by atoms with Crippen molar-refractivity contribution in [3.8, 4) is 0 Å². The van der Waals surface area contributed by atoms with Gasteiger partial charge in [0.15, 0.2) is 5.54 Å². The molecule has 214 valence electrons. The maximum atomic E-state index is 15.7. The van der Waals surface area contributed by atoms with Crippen molar-refractivity contribution in [1.82, 2.24) is 15.6 Å². The molecule has 0 fully saturated rings. The number of rotatable bonds is 12. The number of nitrogens with two attached hydrogens (primary N) is 1. The fourth-order valence-corrected chi connectivity index (χ4v) is 4.63. The first kappa shape index (κ1) is 30.6. The van der Waals surface area contributed by atoms with Crippen molar-refractivity contribution in [3.05, 3.63) is 102 Å². The molecule has 10 heteroatoms. The lowest BCUT2D eigenvalue weighted by Gasteiger charge is -2.39. The number of carbonyl (C=O) groups is 2. The molecule has 0 bridgehead atoms. The molecule has 0 aliphatic heterocycles. The Kier molecular flexibility index (Phi) is 10.3. The second-order valence-corrected chi connectivity index (χ2v) is 9.98. The summed E-state index contributed by atoms with van der Waals surface area (Å²) < 4.78 is 36.2. The smallest absolute Gasteiger partial charge is 0.408 e. The van der Waals surface area contributed by atoms with Crippen LogP contribution in [0.5, 0.6) is 0 Å². The van der Waals surface area contributed by atoms with E-state index in [1.807, 2.05) is 0 Å². The average Bonchev–Trinajstić information content (AvgIpc) is 2.96. The van der Waals surface area contributed by atoms with Gasteiger partial charge in [0.2, 0.25) is 0 Å². The van der Waals surface area contributed by atoms with Crippen LogP contribution in [0.25, 0.3) is 0 Å². The summed E-state index contributed by atoms with van der Waals surface area (Å²) in [7, 11) is 1.15. The van der Waals surface area contributed by atoms with Crippen molar-refractivity contribution in [2.45, 2.75) is 56.3 Å². The molecule has 0 aliphatic rings. The number of carbonyl (C=O) groups excluding carboxylic acids is 2. The number of benzene rings is 2. The van der Waals surface area contributed by atoms with Crippen LogP contribution in [0.2, 0.25) is 0 Å². The van der Waals surface area contributed by atoms with E-state index in [1.54, 1.807) is 92.7 Å². The van der Waals surface area contributed by atoms with E-state index in [0.29, 0.717) is 11.1 Å². The molecule has 0 saturated heterocycles. The van der Waals surface area contributed by atoms with Crippen LogP contribution in [0.15, 0.2) is 85.1 Å². The van der Waals surface area contributed by atoms with Gasteiger partial charge in [0.1, 0.15) is 6.10 Å². The van der Waals surface area contributed by atoms with E-state index in [2.05, 4.69) is 15.6 Å². The lowest BCUT2D eigenvalue weighted by molar-refractivity contribution is -0.146. The molecular formula is C30H36F2N4O4. The van der Waals surface area contributed by atoms with Crippen molar-refractivity contribution >= 4 is 12.0 Å². The van der Waals surface area contributed by atoms with Gasteiger partial charge in [-0.2, -0.15) is 0 Å². The van der Waals surface area contributed by atoms with Gasteiger partial charge in [-0.1, -0.05) is 80.6 Å². The fraction of sp³-hybridized carbons (Fsp3) is 0.367. The fourth-order valence-electron chi connectivity index (χ4n) is 4.63. The molecule has 0 spiro atoms. The third-order valence-corrected chi connectivity index (χ3v) is 6.96. The number of ether oxygens (including phenoxy) is 1. The van der Waals surface area contributed by atoms with E-state index in [4.69, 9.17) is 10.5 Å². The molecule has 3 aromatic rings. The van der Waals surface area contributed by atoms with Crippen LogP contribution in [-0.4, -0.2) is 53.3 Å². The quantitative estimate of drug-likeness (QED) is 0.271. The number of alkyl halides is 2. The highest BCUT2D eigenvalue weighted by Crippen LogP contribution is 2.32. The standard InChI is InChI=1S/C30H36F2N4O4/c1-20(2)29(36-28(39)40-3,25-16-10-11-17-34-25)27(38)35-23(18-21-12-6-4-7-13-21)26(37)30(31,32)24(33)19-22-14-8-5-9-15-22/h4-17,20,23-24,26,37H,18-19,33H2,1-3H3,(H,35,38)(H,36,39)/t23?,24?,26?,29-/m1/s1. The monoisotopic (exact) mass is 554 g/mol. The molecule has 40 heavy (non-hydrogen) atoms. The van der Waals surface area contributed by atoms with Gasteiger partial charge in [-0.3, -0.25) is 9.78 Å². The Bertz CT molecular complexity index is 1230. The Hall–Kier alpha value is -3.89. The normalized spacial score (nSPS) is 15.4. The van der Waals surface area contributed by atoms with Crippen LogP contribution in [0.3, 0.4) is 0 Å². The zero-order valence-corrected chi connectivity index (χ0v) is 22.8. The molecule has 3 rings (SSSR count). The third kappa shape index (κ3) is 7.00. The van der Waals surface area contributed by atoms with Gasteiger partial charge in [-0.25, -0.2) is 13.6 Å². The van der Waals surface area contributed by atoms with E-state index in [0.717, 1.165) is 7.11 Å². The molecule has 5 N–H and O–H groups in total. The minimum atomic E-state index is -3.79. The van der Waals surface area contributed by atoms with Crippen molar-refractivity contribution < 1.29 is 28.2 Å². The minimum Gasteiger partial charge on any atom is -0.453 e. The third-order valence-electron chi connectivity index (χ3n) is 6.96. The summed E-state index contributed by atoms with van der Waals surface area (Å²) in [5.41, 5.74) is 5.51. The number of alkyl carbamates (subject to hydrolysis) is 1. The molecule has 4 atom stereocenters. The highest BCUT2D eigenvalue weighted by atomic mass is 19.3. The summed E-state index contributed by atoms with van der Waals surface area (Å²) in [5, 5.41) is 16.3. The second-order valence-electron chi connectivity index (χ2n) is 9.98. The first-order valence-electron chi connectivity index (χ1n) is 13.0. The minimum absolute atomic E-state index is 0.129.